The fraction of sp³-hybridized carbons (Fsp3) is 0.267. The zero-order chi connectivity index (χ0) is 17.3. The maximum Gasteiger partial charge on any atom is 0.243 e. The number of rotatable bonds is 4. The predicted molar refractivity (Wildman–Crippen MR) is 89.1 cm³/mol. The van der Waals surface area contributed by atoms with Gasteiger partial charge in [0.05, 0.1) is 10.9 Å². The average Bonchev–Trinajstić information content (AvgIpc) is 2.53. The Hall–Kier alpha value is -2.21. The number of benzene rings is 1. The third-order valence-corrected chi connectivity index (χ3v) is 6.08. The maximum absolute atomic E-state index is 12.7. The van der Waals surface area contributed by atoms with Gasteiger partial charge in [-0.15, -0.1) is 0 Å². The molecule has 0 aliphatic carbocycles. The monoisotopic (exact) mass is 363 g/mol. The third kappa shape index (κ3) is 2.94. The summed E-state index contributed by atoms with van der Waals surface area (Å²) in [4.78, 5) is 10.1. The molecule has 1 aliphatic heterocycles. The molecule has 2 aromatic rings. The van der Waals surface area contributed by atoms with Gasteiger partial charge in [0.1, 0.15) is 6.07 Å². The average molecular weight is 364 g/mol. The van der Waals surface area contributed by atoms with Gasteiger partial charge in [-0.2, -0.15) is 9.57 Å². The minimum absolute atomic E-state index is 0.160. The van der Waals surface area contributed by atoms with Gasteiger partial charge in [-0.25, -0.2) is 18.4 Å². The lowest BCUT2D eigenvalue weighted by Crippen LogP contribution is -2.60. The molecule has 3 rings (SSSR count). The lowest BCUT2D eigenvalue weighted by molar-refractivity contribution is 0.309. The maximum atomic E-state index is 12.7. The van der Waals surface area contributed by atoms with E-state index in [1.807, 2.05) is 11.0 Å². The number of sulfonamides is 1. The summed E-state index contributed by atoms with van der Waals surface area (Å²) in [6, 6.07) is 7.97. The van der Waals surface area contributed by atoms with E-state index in [0.29, 0.717) is 23.9 Å². The molecule has 0 unspecified atom stereocenters. The minimum Gasteiger partial charge on any atom is -0.351 e. The van der Waals surface area contributed by atoms with Gasteiger partial charge < -0.3 is 4.90 Å². The highest BCUT2D eigenvalue weighted by Gasteiger charge is 2.38. The van der Waals surface area contributed by atoms with Crippen LogP contribution in [0.25, 0.3) is 0 Å². The standard InChI is InChI=1S/C15H14ClN5O2S/c1-20(24(22,23)13-4-2-3-11(16)7-13)12-9-21(10-12)15-14(8-17)18-5-6-19-15/h2-7,12H,9-10H2,1H3. The van der Waals surface area contributed by atoms with Gasteiger partial charge in [0.15, 0.2) is 11.5 Å². The van der Waals surface area contributed by atoms with Crippen molar-refractivity contribution < 1.29 is 8.42 Å². The molecule has 1 aliphatic rings. The molecule has 0 saturated carbocycles. The SMILES string of the molecule is CN(C1CN(c2nccnc2C#N)C1)S(=O)(=O)c1cccc(Cl)c1. The summed E-state index contributed by atoms with van der Waals surface area (Å²) in [5.41, 5.74) is 0.233. The summed E-state index contributed by atoms with van der Waals surface area (Å²) in [5, 5.41) is 9.44. The van der Waals surface area contributed by atoms with Crippen molar-refractivity contribution in [2.45, 2.75) is 10.9 Å². The van der Waals surface area contributed by atoms with Gasteiger partial charge in [-0.05, 0) is 18.2 Å². The second-order valence-corrected chi connectivity index (χ2v) is 7.81. The van der Waals surface area contributed by atoms with Crippen LogP contribution in [0.2, 0.25) is 5.02 Å². The van der Waals surface area contributed by atoms with Crippen molar-refractivity contribution in [3.63, 3.8) is 0 Å². The molecule has 0 atom stereocenters. The Bertz CT molecular complexity index is 906. The van der Waals surface area contributed by atoms with Gasteiger partial charge in [0.25, 0.3) is 0 Å². The molecule has 2 heterocycles. The lowest BCUT2D eigenvalue weighted by atomic mass is 10.1. The van der Waals surface area contributed by atoms with Crippen LogP contribution in [0.1, 0.15) is 5.69 Å². The van der Waals surface area contributed by atoms with Gasteiger partial charge in [0, 0.05) is 37.6 Å². The van der Waals surface area contributed by atoms with Crippen LogP contribution in [-0.2, 0) is 10.0 Å². The number of likely N-dealkylation sites (N-methyl/N-ethyl adjacent to an activating group) is 1. The van der Waals surface area contributed by atoms with Crippen LogP contribution < -0.4 is 4.90 Å². The fourth-order valence-electron chi connectivity index (χ4n) is 2.49. The van der Waals surface area contributed by atoms with Crippen molar-refractivity contribution in [3.05, 3.63) is 47.4 Å². The van der Waals surface area contributed by atoms with Crippen LogP contribution >= 0.6 is 11.6 Å². The van der Waals surface area contributed by atoms with E-state index in [-0.39, 0.29) is 16.6 Å². The van der Waals surface area contributed by atoms with Gasteiger partial charge in [0.2, 0.25) is 10.0 Å². The van der Waals surface area contributed by atoms with Crippen molar-refractivity contribution in [2.24, 2.45) is 0 Å². The number of nitriles is 1. The molecular weight excluding hydrogens is 350 g/mol. The van der Waals surface area contributed by atoms with Crippen LogP contribution in [0.5, 0.6) is 0 Å². The van der Waals surface area contributed by atoms with Gasteiger partial charge >= 0.3 is 0 Å². The molecule has 0 amide bonds. The molecule has 1 aromatic heterocycles. The number of nitrogens with zero attached hydrogens (tertiary/aromatic N) is 5. The largest absolute Gasteiger partial charge is 0.351 e. The zero-order valence-electron chi connectivity index (χ0n) is 12.8. The van der Waals surface area contributed by atoms with Gasteiger partial charge in [-0.1, -0.05) is 17.7 Å². The van der Waals surface area contributed by atoms with Crippen molar-refractivity contribution >= 4 is 27.4 Å². The topological polar surface area (TPSA) is 90.2 Å². The van der Waals surface area contributed by atoms with E-state index in [0.717, 1.165) is 0 Å². The molecule has 1 saturated heterocycles. The van der Waals surface area contributed by atoms with E-state index in [2.05, 4.69) is 9.97 Å². The lowest BCUT2D eigenvalue weighted by Gasteiger charge is -2.43. The van der Waals surface area contributed by atoms with Crippen molar-refractivity contribution in [1.29, 1.82) is 5.26 Å². The molecule has 1 fully saturated rings. The van der Waals surface area contributed by atoms with E-state index in [1.54, 1.807) is 19.2 Å². The zero-order valence-corrected chi connectivity index (χ0v) is 14.4. The highest BCUT2D eigenvalue weighted by Crippen LogP contribution is 2.27. The fourth-order valence-corrected chi connectivity index (χ4v) is 4.13. The molecule has 0 N–H and O–H groups in total. The summed E-state index contributed by atoms with van der Waals surface area (Å²) in [6.45, 7) is 0.896. The molecule has 24 heavy (non-hydrogen) atoms. The van der Waals surface area contributed by atoms with E-state index in [4.69, 9.17) is 16.9 Å². The number of aromatic nitrogens is 2. The first-order valence-corrected chi connectivity index (χ1v) is 8.95. The van der Waals surface area contributed by atoms with Crippen LogP contribution in [0.4, 0.5) is 5.82 Å². The Morgan fingerprint density at radius 2 is 2.04 bits per heavy atom. The highest BCUT2D eigenvalue weighted by atomic mass is 35.5. The van der Waals surface area contributed by atoms with Crippen molar-refractivity contribution in [1.82, 2.24) is 14.3 Å². The molecular formula is C15H14ClN5O2S. The Morgan fingerprint density at radius 1 is 1.33 bits per heavy atom. The summed E-state index contributed by atoms with van der Waals surface area (Å²) in [5.74, 6) is 0.477. The molecule has 0 radical (unpaired) electrons. The molecule has 7 nitrogen and oxygen atoms in total. The summed E-state index contributed by atoms with van der Waals surface area (Å²) in [7, 11) is -2.08. The Kier molecular flexibility index (Phi) is 4.41. The molecule has 0 bridgehead atoms. The van der Waals surface area contributed by atoms with E-state index < -0.39 is 10.0 Å². The van der Waals surface area contributed by atoms with Crippen LogP contribution in [-0.4, -0.2) is 48.9 Å². The van der Waals surface area contributed by atoms with E-state index >= 15 is 0 Å². The first-order chi connectivity index (χ1) is 11.4. The molecule has 124 valence electrons. The first kappa shape index (κ1) is 16.6. The van der Waals surface area contributed by atoms with E-state index in [1.165, 1.54) is 28.8 Å². The number of anilines is 1. The van der Waals surface area contributed by atoms with Crippen molar-refractivity contribution in [2.75, 3.05) is 25.0 Å². The smallest absolute Gasteiger partial charge is 0.243 e. The Morgan fingerprint density at radius 3 is 2.71 bits per heavy atom. The van der Waals surface area contributed by atoms with Gasteiger partial charge in [-0.3, -0.25) is 0 Å². The number of hydrogen-bond acceptors (Lipinski definition) is 6. The Balaban J connectivity index is 1.75. The summed E-state index contributed by atoms with van der Waals surface area (Å²) >= 11 is 5.88. The number of hydrogen-bond donors (Lipinski definition) is 0. The van der Waals surface area contributed by atoms with Crippen molar-refractivity contribution in [3.8, 4) is 6.07 Å². The van der Waals surface area contributed by atoms with Crippen LogP contribution in [0.15, 0.2) is 41.6 Å². The quantitative estimate of drug-likeness (QED) is 0.817. The molecule has 0 spiro atoms. The number of halogens is 1. The third-order valence-electron chi connectivity index (χ3n) is 3.93. The summed E-state index contributed by atoms with van der Waals surface area (Å²) < 4.78 is 26.6. The Labute approximate surface area is 145 Å². The summed E-state index contributed by atoms with van der Waals surface area (Å²) in [6.07, 6.45) is 2.96. The molecule has 1 aromatic carbocycles. The normalized spacial score (nSPS) is 15.2. The van der Waals surface area contributed by atoms with Crippen LogP contribution in [0.3, 0.4) is 0 Å². The second-order valence-electron chi connectivity index (χ2n) is 5.38. The predicted octanol–water partition coefficient (Wildman–Crippen LogP) is 1.51. The van der Waals surface area contributed by atoms with Crippen LogP contribution in [0, 0.1) is 11.3 Å². The second kappa shape index (κ2) is 6.36. The minimum atomic E-state index is -3.62. The first-order valence-electron chi connectivity index (χ1n) is 7.13. The van der Waals surface area contributed by atoms with E-state index in [9.17, 15) is 8.42 Å². The highest BCUT2D eigenvalue weighted by molar-refractivity contribution is 7.89. The molecule has 9 heteroatoms.